The highest BCUT2D eigenvalue weighted by Crippen LogP contribution is 2.21. The summed E-state index contributed by atoms with van der Waals surface area (Å²) in [7, 11) is 0. The van der Waals surface area contributed by atoms with Crippen LogP contribution in [0.15, 0.2) is 42.7 Å². The molecule has 1 aromatic heterocycles. The van der Waals surface area contributed by atoms with Crippen LogP contribution in [0, 0.1) is 11.6 Å². The second-order valence-electron chi connectivity index (χ2n) is 4.70. The lowest BCUT2D eigenvalue weighted by Gasteiger charge is -2.19. The third-order valence-electron chi connectivity index (χ3n) is 3.20. The summed E-state index contributed by atoms with van der Waals surface area (Å²) in [5, 5.41) is 3.32. The topological polar surface area (TPSA) is 24.9 Å². The number of nitrogens with zero attached hydrogens (tertiary/aromatic N) is 1. The zero-order chi connectivity index (χ0) is 14.4. The van der Waals surface area contributed by atoms with Crippen LogP contribution >= 0.6 is 0 Å². The molecule has 1 atom stereocenters. The van der Waals surface area contributed by atoms with Crippen LogP contribution < -0.4 is 5.32 Å². The van der Waals surface area contributed by atoms with Crippen LogP contribution in [-0.4, -0.2) is 11.5 Å². The Kier molecular flexibility index (Phi) is 5.18. The van der Waals surface area contributed by atoms with Gasteiger partial charge in [0.05, 0.1) is 0 Å². The summed E-state index contributed by atoms with van der Waals surface area (Å²) in [6, 6.07) is 7.56. The maximum Gasteiger partial charge on any atom is 0.129 e. The molecular weight excluding hydrogens is 258 g/mol. The van der Waals surface area contributed by atoms with Crippen molar-refractivity contribution in [2.75, 3.05) is 6.54 Å². The highest BCUT2D eigenvalue weighted by Gasteiger charge is 2.17. The van der Waals surface area contributed by atoms with Crippen LogP contribution in [0.2, 0.25) is 0 Å². The number of nitrogens with one attached hydrogen (secondary N) is 1. The van der Waals surface area contributed by atoms with E-state index >= 15 is 0 Å². The molecule has 2 nitrogen and oxygen atoms in total. The lowest BCUT2D eigenvalue weighted by molar-refractivity contribution is 0.489. The van der Waals surface area contributed by atoms with E-state index in [1.807, 2.05) is 12.1 Å². The van der Waals surface area contributed by atoms with E-state index in [2.05, 4.69) is 17.2 Å². The summed E-state index contributed by atoms with van der Waals surface area (Å²) in [5.74, 6) is -1.01. The Morgan fingerprint density at radius 3 is 2.50 bits per heavy atom. The van der Waals surface area contributed by atoms with Crippen LogP contribution in [0.3, 0.4) is 0 Å². The molecule has 0 amide bonds. The fourth-order valence-electron chi connectivity index (χ4n) is 2.14. The average Bonchev–Trinajstić information content (AvgIpc) is 2.47. The smallest absolute Gasteiger partial charge is 0.129 e. The van der Waals surface area contributed by atoms with Crippen molar-refractivity contribution < 1.29 is 8.78 Å². The molecule has 0 saturated carbocycles. The van der Waals surface area contributed by atoms with Gasteiger partial charge in [-0.15, -0.1) is 0 Å². The van der Waals surface area contributed by atoms with Gasteiger partial charge in [0.15, 0.2) is 0 Å². The fraction of sp³-hybridized carbons (Fsp3) is 0.312. The van der Waals surface area contributed by atoms with Crippen LogP contribution in [-0.2, 0) is 6.42 Å². The van der Waals surface area contributed by atoms with Gasteiger partial charge < -0.3 is 5.32 Å². The number of aromatic nitrogens is 1. The van der Waals surface area contributed by atoms with Gasteiger partial charge in [0.2, 0.25) is 0 Å². The normalized spacial score (nSPS) is 12.3. The Morgan fingerprint density at radius 1 is 1.15 bits per heavy atom. The third-order valence-corrected chi connectivity index (χ3v) is 3.20. The van der Waals surface area contributed by atoms with Crippen LogP contribution in [0.25, 0.3) is 0 Å². The molecular formula is C16H18F2N2. The van der Waals surface area contributed by atoms with E-state index in [1.165, 1.54) is 18.2 Å². The fourth-order valence-corrected chi connectivity index (χ4v) is 2.14. The standard InChI is InChI=1S/C16H18F2N2/c1-2-8-20-16(12-5-4-9-19-11-12)10-13-14(17)6-3-7-15(13)18/h3-7,9,11,16,20H,2,8,10H2,1H3. The Bertz CT molecular complexity index is 523. The summed E-state index contributed by atoms with van der Waals surface area (Å²) in [6.07, 6.45) is 4.64. The van der Waals surface area contributed by atoms with Gasteiger partial charge in [0, 0.05) is 24.0 Å². The van der Waals surface area contributed by atoms with E-state index in [4.69, 9.17) is 0 Å². The van der Waals surface area contributed by atoms with Crippen LogP contribution in [0.5, 0.6) is 0 Å². The maximum absolute atomic E-state index is 13.8. The molecule has 0 spiro atoms. The van der Waals surface area contributed by atoms with Crippen molar-refractivity contribution in [1.82, 2.24) is 10.3 Å². The predicted octanol–water partition coefficient (Wildman–Crippen LogP) is 3.64. The molecule has 0 radical (unpaired) electrons. The predicted molar refractivity (Wildman–Crippen MR) is 75.3 cm³/mol. The number of hydrogen-bond donors (Lipinski definition) is 1. The lowest BCUT2D eigenvalue weighted by atomic mass is 9.99. The van der Waals surface area contributed by atoms with Gasteiger partial charge in [-0.3, -0.25) is 4.98 Å². The zero-order valence-corrected chi connectivity index (χ0v) is 11.4. The Balaban J connectivity index is 2.24. The van der Waals surface area contributed by atoms with Crippen molar-refractivity contribution in [1.29, 1.82) is 0 Å². The summed E-state index contributed by atoms with van der Waals surface area (Å²) in [4.78, 5) is 4.07. The van der Waals surface area contributed by atoms with Crippen molar-refractivity contribution in [3.63, 3.8) is 0 Å². The molecule has 106 valence electrons. The van der Waals surface area contributed by atoms with Crippen molar-refractivity contribution in [3.8, 4) is 0 Å². The molecule has 0 bridgehead atoms. The molecule has 0 aliphatic rings. The minimum absolute atomic E-state index is 0.116. The quantitative estimate of drug-likeness (QED) is 0.871. The first kappa shape index (κ1) is 14.6. The van der Waals surface area contributed by atoms with Gasteiger partial charge in [-0.1, -0.05) is 19.1 Å². The minimum atomic E-state index is -0.503. The Hall–Kier alpha value is -1.81. The van der Waals surface area contributed by atoms with E-state index in [0.29, 0.717) is 0 Å². The lowest BCUT2D eigenvalue weighted by Crippen LogP contribution is -2.25. The number of benzene rings is 1. The molecule has 1 heterocycles. The molecule has 0 aliphatic heterocycles. The molecule has 0 saturated heterocycles. The molecule has 20 heavy (non-hydrogen) atoms. The Labute approximate surface area is 117 Å². The second-order valence-corrected chi connectivity index (χ2v) is 4.70. The van der Waals surface area contributed by atoms with Crippen molar-refractivity contribution in [2.45, 2.75) is 25.8 Å². The van der Waals surface area contributed by atoms with Crippen molar-refractivity contribution in [3.05, 3.63) is 65.5 Å². The molecule has 1 aromatic carbocycles. The third kappa shape index (κ3) is 3.61. The first-order chi connectivity index (χ1) is 9.72. The number of hydrogen-bond acceptors (Lipinski definition) is 2. The first-order valence-corrected chi connectivity index (χ1v) is 6.78. The summed E-state index contributed by atoms with van der Waals surface area (Å²) >= 11 is 0. The van der Waals surface area contributed by atoms with Crippen LogP contribution in [0.4, 0.5) is 8.78 Å². The van der Waals surface area contributed by atoms with E-state index < -0.39 is 11.6 Å². The highest BCUT2D eigenvalue weighted by atomic mass is 19.1. The van der Waals surface area contributed by atoms with Gasteiger partial charge in [0.25, 0.3) is 0 Å². The Morgan fingerprint density at radius 2 is 1.90 bits per heavy atom. The SMILES string of the molecule is CCCNC(Cc1c(F)cccc1F)c1cccnc1. The van der Waals surface area contributed by atoms with Gasteiger partial charge >= 0.3 is 0 Å². The molecule has 0 aliphatic carbocycles. The van der Waals surface area contributed by atoms with Gasteiger partial charge in [0.1, 0.15) is 11.6 Å². The number of halogens is 2. The molecule has 1 N–H and O–H groups in total. The van der Waals surface area contributed by atoms with E-state index in [9.17, 15) is 8.78 Å². The molecule has 0 fully saturated rings. The van der Waals surface area contributed by atoms with Gasteiger partial charge in [-0.2, -0.15) is 0 Å². The van der Waals surface area contributed by atoms with E-state index in [1.54, 1.807) is 12.4 Å². The molecule has 2 rings (SSSR count). The van der Waals surface area contributed by atoms with Crippen LogP contribution in [0.1, 0.15) is 30.5 Å². The summed E-state index contributed by atoms with van der Waals surface area (Å²) in [5.41, 5.74) is 1.05. The second kappa shape index (κ2) is 7.10. The number of rotatable bonds is 6. The monoisotopic (exact) mass is 276 g/mol. The average molecular weight is 276 g/mol. The largest absolute Gasteiger partial charge is 0.310 e. The minimum Gasteiger partial charge on any atom is -0.310 e. The zero-order valence-electron chi connectivity index (χ0n) is 11.4. The van der Waals surface area contributed by atoms with Crippen molar-refractivity contribution >= 4 is 0 Å². The first-order valence-electron chi connectivity index (χ1n) is 6.78. The number of pyridine rings is 1. The molecule has 4 heteroatoms. The van der Waals surface area contributed by atoms with E-state index in [0.717, 1.165) is 18.5 Å². The van der Waals surface area contributed by atoms with Crippen molar-refractivity contribution in [2.24, 2.45) is 0 Å². The van der Waals surface area contributed by atoms with Gasteiger partial charge in [-0.25, -0.2) is 8.78 Å². The van der Waals surface area contributed by atoms with E-state index in [-0.39, 0.29) is 18.0 Å². The molecule has 1 unspecified atom stereocenters. The maximum atomic E-state index is 13.8. The summed E-state index contributed by atoms with van der Waals surface area (Å²) < 4.78 is 27.5. The molecule has 2 aromatic rings. The van der Waals surface area contributed by atoms with Gasteiger partial charge in [-0.05, 0) is 43.1 Å². The summed E-state index contributed by atoms with van der Waals surface area (Å²) in [6.45, 7) is 2.84. The highest BCUT2D eigenvalue weighted by molar-refractivity contribution is 5.24.